The van der Waals surface area contributed by atoms with E-state index in [1.54, 1.807) is 6.92 Å². The molecule has 0 saturated carbocycles. The second kappa shape index (κ2) is 5.42. The monoisotopic (exact) mass is 237 g/mol. The van der Waals surface area contributed by atoms with Gasteiger partial charge in [-0.25, -0.2) is 0 Å². The number of carbonyl (C=O) groups excluding carboxylic acids is 2. The number of nitrogens with zero attached hydrogens (tertiary/aromatic N) is 2. The summed E-state index contributed by atoms with van der Waals surface area (Å²) >= 11 is 0. The first-order valence-corrected chi connectivity index (χ1v) is 6.15. The van der Waals surface area contributed by atoms with Gasteiger partial charge < -0.3 is 10.2 Å². The lowest BCUT2D eigenvalue weighted by atomic mass is 10.3. The quantitative estimate of drug-likeness (QED) is 0.676. The zero-order valence-corrected chi connectivity index (χ0v) is 10.2. The highest BCUT2D eigenvalue weighted by atomic mass is 16.2. The van der Waals surface area contributed by atoms with E-state index >= 15 is 0 Å². The van der Waals surface area contributed by atoms with Crippen molar-refractivity contribution in [2.45, 2.75) is 13.3 Å². The van der Waals surface area contributed by atoms with E-state index in [0.717, 1.165) is 39.1 Å². The second-order valence-electron chi connectivity index (χ2n) is 4.57. The summed E-state index contributed by atoms with van der Waals surface area (Å²) in [4.78, 5) is 26.8. The fraction of sp³-hybridized carbons (Fsp3) is 0.667. The molecule has 2 aliphatic rings. The summed E-state index contributed by atoms with van der Waals surface area (Å²) in [6.45, 7) is 7.35. The van der Waals surface area contributed by atoms with Crippen LogP contribution in [-0.2, 0) is 9.59 Å². The molecule has 17 heavy (non-hydrogen) atoms. The first-order valence-electron chi connectivity index (χ1n) is 6.15. The number of imide groups is 1. The summed E-state index contributed by atoms with van der Waals surface area (Å²) in [7, 11) is 0. The van der Waals surface area contributed by atoms with Crippen molar-refractivity contribution in [2.24, 2.45) is 0 Å². The molecule has 0 atom stereocenters. The third-order valence-corrected chi connectivity index (χ3v) is 3.25. The van der Waals surface area contributed by atoms with Crippen molar-refractivity contribution in [2.75, 3.05) is 39.3 Å². The molecule has 94 valence electrons. The van der Waals surface area contributed by atoms with Crippen LogP contribution in [0.5, 0.6) is 0 Å². The largest absolute Gasteiger partial charge is 0.314 e. The van der Waals surface area contributed by atoms with Crippen LogP contribution in [0.15, 0.2) is 11.6 Å². The molecular weight excluding hydrogens is 218 g/mol. The second-order valence-corrected chi connectivity index (χ2v) is 4.57. The molecule has 0 spiro atoms. The molecule has 2 heterocycles. The van der Waals surface area contributed by atoms with Crippen LogP contribution in [0.25, 0.3) is 0 Å². The van der Waals surface area contributed by atoms with Crippen molar-refractivity contribution in [1.82, 2.24) is 15.1 Å². The Morgan fingerprint density at radius 2 is 1.94 bits per heavy atom. The van der Waals surface area contributed by atoms with Crippen molar-refractivity contribution < 1.29 is 9.59 Å². The number of nitrogens with one attached hydrogen (secondary N) is 1. The van der Waals surface area contributed by atoms with Gasteiger partial charge in [-0.3, -0.25) is 14.5 Å². The highest BCUT2D eigenvalue weighted by Crippen LogP contribution is 2.12. The molecule has 0 aromatic heterocycles. The van der Waals surface area contributed by atoms with Gasteiger partial charge >= 0.3 is 0 Å². The van der Waals surface area contributed by atoms with Gasteiger partial charge in [-0.05, 0) is 19.9 Å². The van der Waals surface area contributed by atoms with Crippen molar-refractivity contribution in [3.8, 4) is 0 Å². The van der Waals surface area contributed by atoms with Crippen LogP contribution in [0.2, 0.25) is 0 Å². The number of rotatable bonds is 4. The first kappa shape index (κ1) is 12.3. The summed E-state index contributed by atoms with van der Waals surface area (Å²) in [6.07, 6.45) is 2.28. The van der Waals surface area contributed by atoms with Gasteiger partial charge in [0.1, 0.15) is 0 Å². The smallest absolute Gasteiger partial charge is 0.256 e. The number of amides is 2. The van der Waals surface area contributed by atoms with Crippen LogP contribution >= 0.6 is 0 Å². The minimum atomic E-state index is -0.159. The van der Waals surface area contributed by atoms with Crippen LogP contribution < -0.4 is 5.32 Å². The fourth-order valence-corrected chi connectivity index (χ4v) is 2.24. The summed E-state index contributed by atoms with van der Waals surface area (Å²) in [5.41, 5.74) is 0.553. The van der Waals surface area contributed by atoms with E-state index in [4.69, 9.17) is 0 Å². The fourth-order valence-electron chi connectivity index (χ4n) is 2.24. The topological polar surface area (TPSA) is 52.7 Å². The molecule has 5 nitrogen and oxygen atoms in total. The molecule has 2 amide bonds. The van der Waals surface area contributed by atoms with E-state index < -0.39 is 0 Å². The molecule has 1 saturated heterocycles. The van der Waals surface area contributed by atoms with Crippen LogP contribution in [0, 0.1) is 0 Å². The zero-order valence-electron chi connectivity index (χ0n) is 10.2. The van der Waals surface area contributed by atoms with Crippen LogP contribution in [0.4, 0.5) is 0 Å². The van der Waals surface area contributed by atoms with Crippen LogP contribution in [0.3, 0.4) is 0 Å². The van der Waals surface area contributed by atoms with Crippen molar-refractivity contribution >= 4 is 11.8 Å². The lowest BCUT2D eigenvalue weighted by Gasteiger charge is -2.27. The van der Waals surface area contributed by atoms with Gasteiger partial charge in [0.15, 0.2) is 0 Å². The Hall–Kier alpha value is -1.20. The average molecular weight is 237 g/mol. The van der Waals surface area contributed by atoms with Crippen LogP contribution in [0.1, 0.15) is 13.3 Å². The van der Waals surface area contributed by atoms with Crippen LogP contribution in [-0.4, -0.2) is 60.9 Å². The van der Waals surface area contributed by atoms with Gasteiger partial charge in [0.05, 0.1) is 0 Å². The van der Waals surface area contributed by atoms with Gasteiger partial charge in [-0.2, -0.15) is 0 Å². The summed E-state index contributed by atoms with van der Waals surface area (Å²) in [5, 5.41) is 3.30. The van der Waals surface area contributed by atoms with E-state index in [9.17, 15) is 9.59 Å². The van der Waals surface area contributed by atoms with E-state index in [2.05, 4.69) is 10.2 Å². The minimum absolute atomic E-state index is 0.129. The number of hydrogen-bond donors (Lipinski definition) is 1. The molecule has 1 N–H and O–H groups in total. The number of piperazine rings is 1. The lowest BCUT2D eigenvalue weighted by Crippen LogP contribution is -2.44. The van der Waals surface area contributed by atoms with E-state index in [1.165, 1.54) is 11.0 Å². The Labute approximate surface area is 101 Å². The molecule has 0 aromatic carbocycles. The zero-order chi connectivity index (χ0) is 12.3. The normalized spacial score (nSPS) is 22.2. The number of hydrogen-bond acceptors (Lipinski definition) is 4. The summed E-state index contributed by atoms with van der Waals surface area (Å²) in [5.74, 6) is -0.289. The van der Waals surface area contributed by atoms with Gasteiger partial charge in [0, 0.05) is 44.4 Å². The van der Waals surface area contributed by atoms with E-state index in [0.29, 0.717) is 12.1 Å². The summed E-state index contributed by atoms with van der Waals surface area (Å²) < 4.78 is 0. The molecular formula is C12H19N3O2. The molecule has 1 fully saturated rings. The number of carbonyl (C=O) groups is 2. The SMILES string of the molecule is CC1=CC(=O)N(CCCN2CCNCC2)C1=O. The maximum atomic E-state index is 11.6. The summed E-state index contributed by atoms with van der Waals surface area (Å²) in [6, 6.07) is 0. The average Bonchev–Trinajstić information content (AvgIpc) is 2.57. The molecule has 0 aromatic rings. The molecule has 0 bridgehead atoms. The van der Waals surface area contributed by atoms with Gasteiger partial charge in [0.25, 0.3) is 11.8 Å². The maximum Gasteiger partial charge on any atom is 0.256 e. The first-order chi connectivity index (χ1) is 8.18. The third kappa shape index (κ3) is 2.92. The van der Waals surface area contributed by atoms with E-state index in [-0.39, 0.29) is 11.8 Å². The van der Waals surface area contributed by atoms with Crippen molar-refractivity contribution in [1.29, 1.82) is 0 Å². The Morgan fingerprint density at radius 1 is 1.24 bits per heavy atom. The highest BCUT2D eigenvalue weighted by molar-refractivity contribution is 6.15. The van der Waals surface area contributed by atoms with Crippen molar-refractivity contribution in [3.05, 3.63) is 11.6 Å². The van der Waals surface area contributed by atoms with Crippen molar-refractivity contribution in [3.63, 3.8) is 0 Å². The standard InChI is InChI=1S/C12H19N3O2/c1-10-9-11(16)15(12(10)17)6-2-5-14-7-3-13-4-8-14/h9,13H,2-8H2,1H3. The minimum Gasteiger partial charge on any atom is -0.314 e. The Kier molecular flexibility index (Phi) is 3.91. The lowest BCUT2D eigenvalue weighted by molar-refractivity contribution is -0.137. The highest BCUT2D eigenvalue weighted by Gasteiger charge is 2.27. The molecule has 5 heteroatoms. The Morgan fingerprint density at radius 3 is 2.53 bits per heavy atom. The van der Waals surface area contributed by atoms with E-state index in [1.807, 2.05) is 0 Å². The van der Waals surface area contributed by atoms with Gasteiger partial charge in [-0.15, -0.1) is 0 Å². The maximum absolute atomic E-state index is 11.6. The predicted octanol–water partition coefficient (Wildman–Crippen LogP) is -0.403. The molecule has 0 aliphatic carbocycles. The molecule has 2 aliphatic heterocycles. The molecule has 0 radical (unpaired) electrons. The van der Waals surface area contributed by atoms with Gasteiger partial charge in [0.2, 0.25) is 0 Å². The predicted molar refractivity (Wildman–Crippen MR) is 64.4 cm³/mol. The van der Waals surface area contributed by atoms with Gasteiger partial charge in [-0.1, -0.05) is 0 Å². The Balaban J connectivity index is 1.72. The molecule has 0 unspecified atom stereocenters. The Bertz CT molecular complexity index is 346. The molecule has 2 rings (SSSR count). The third-order valence-electron chi connectivity index (χ3n) is 3.25.